The summed E-state index contributed by atoms with van der Waals surface area (Å²) in [5.41, 5.74) is 0.193. The average molecular weight is 357 g/mol. The second kappa shape index (κ2) is 5.25. The van der Waals surface area contributed by atoms with Crippen LogP contribution in [0.2, 0.25) is 0 Å². The summed E-state index contributed by atoms with van der Waals surface area (Å²) >= 11 is 1.33. The minimum Gasteiger partial charge on any atom is -0.346 e. The molecule has 1 aromatic heterocycles. The monoisotopic (exact) mass is 357 g/mol. The van der Waals surface area contributed by atoms with Gasteiger partial charge in [0.25, 0.3) is 11.6 Å². The highest BCUT2D eigenvalue weighted by Crippen LogP contribution is 2.51. The fourth-order valence-electron chi connectivity index (χ4n) is 4.96. The standard InChI is InChI=1S/C18H19N3O3S/c22-17(15-7-11-3-6-13(21(23)24)8-14(11)25-15)20-16-10-1-4-12(5-2-10)18(16)9-19-18/h3,6-8,10,12,16,19H,1-2,4-5,9H2,(H,20,22)/t10?,12?,16?,18-/m0/s1. The van der Waals surface area contributed by atoms with Gasteiger partial charge in [0.2, 0.25) is 0 Å². The van der Waals surface area contributed by atoms with E-state index < -0.39 is 4.92 Å². The molecule has 2 N–H and O–H groups in total. The highest BCUT2D eigenvalue weighted by atomic mass is 32.1. The Hall–Kier alpha value is -1.99. The molecule has 1 aromatic carbocycles. The van der Waals surface area contributed by atoms with Gasteiger partial charge in [-0.15, -0.1) is 11.3 Å². The number of nitro groups is 1. The van der Waals surface area contributed by atoms with Crippen molar-refractivity contribution in [3.05, 3.63) is 39.3 Å². The topological polar surface area (TPSA) is 94.2 Å². The third kappa shape index (κ3) is 2.29. The molecular formula is C18H19N3O3S. The second-order valence-corrected chi connectivity index (χ2v) is 8.63. The molecule has 25 heavy (non-hydrogen) atoms. The van der Waals surface area contributed by atoms with Crippen molar-refractivity contribution >= 4 is 33.0 Å². The molecule has 7 heteroatoms. The first-order valence-corrected chi connectivity index (χ1v) is 9.62. The molecule has 0 radical (unpaired) electrons. The molecule has 2 bridgehead atoms. The lowest BCUT2D eigenvalue weighted by molar-refractivity contribution is -0.384. The maximum atomic E-state index is 12.8. The Labute approximate surface area is 148 Å². The minimum absolute atomic E-state index is 0.0468. The number of fused-ring (bicyclic) bond motifs is 3. The molecule has 1 spiro atoms. The van der Waals surface area contributed by atoms with Gasteiger partial charge >= 0.3 is 0 Å². The fraction of sp³-hybridized carbons (Fsp3) is 0.500. The van der Waals surface area contributed by atoms with E-state index in [9.17, 15) is 14.9 Å². The molecule has 1 amide bonds. The van der Waals surface area contributed by atoms with Crippen LogP contribution in [0.25, 0.3) is 10.1 Å². The van der Waals surface area contributed by atoms with Crippen molar-refractivity contribution in [2.75, 3.05) is 6.54 Å². The van der Waals surface area contributed by atoms with Gasteiger partial charge in [0, 0.05) is 23.4 Å². The molecule has 2 heterocycles. The van der Waals surface area contributed by atoms with Crippen molar-refractivity contribution in [1.82, 2.24) is 10.6 Å². The van der Waals surface area contributed by atoms with Gasteiger partial charge in [-0.2, -0.15) is 0 Å². The Morgan fingerprint density at radius 3 is 2.72 bits per heavy atom. The smallest absolute Gasteiger partial charge is 0.270 e. The van der Waals surface area contributed by atoms with Crippen molar-refractivity contribution in [3.63, 3.8) is 0 Å². The van der Waals surface area contributed by atoms with Gasteiger partial charge in [0.1, 0.15) is 0 Å². The van der Waals surface area contributed by atoms with E-state index in [-0.39, 0.29) is 23.2 Å². The summed E-state index contributed by atoms with van der Waals surface area (Å²) in [6, 6.07) is 6.80. The Morgan fingerprint density at radius 1 is 1.28 bits per heavy atom. The second-order valence-electron chi connectivity index (χ2n) is 7.55. The van der Waals surface area contributed by atoms with Crippen molar-refractivity contribution in [3.8, 4) is 0 Å². The molecule has 2 atom stereocenters. The van der Waals surface area contributed by atoms with Crippen LogP contribution in [0, 0.1) is 22.0 Å². The van der Waals surface area contributed by atoms with Gasteiger partial charge in [-0.3, -0.25) is 14.9 Å². The van der Waals surface area contributed by atoms with Crippen LogP contribution in [0.5, 0.6) is 0 Å². The summed E-state index contributed by atoms with van der Waals surface area (Å²) in [7, 11) is 0. The lowest BCUT2D eigenvalue weighted by atomic mass is 9.61. The predicted molar refractivity (Wildman–Crippen MR) is 95.9 cm³/mol. The Kier molecular flexibility index (Phi) is 3.21. The van der Waals surface area contributed by atoms with Gasteiger partial charge in [-0.25, -0.2) is 0 Å². The molecule has 1 aliphatic heterocycles. The zero-order valence-corrected chi connectivity index (χ0v) is 14.5. The summed E-state index contributed by atoms with van der Waals surface area (Å²) in [6.45, 7) is 1.01. The van der Waals surface area contributed by atoms with Gasteiger partial charge in [-0.05, 0) is 55.0 Å². The summed E-state index contributed by atoms with van der Waals surface area (Å²) in [5.74, 6) is 1.21. The van der Waals surface area contributed by atoms with Crippen LogP contribution in [0.15, 0.2) is 24.3 Å². The van der Waals surface area contributed by atoms with E-state index in [0.717, 1.165) is 16.6 Å². The van der Waals surface area contributed by atoms with E-state index in [0.29, 0.717) is 16.7 Å². The average Bonchev–Trinajstić information content (AvgIpc) is 3.27. The van der Waals surface area contributed by atoms with Gasteiger partial charge in [0.05, 0.1) is 21.4 Å². The molecule has 130 valence electrons. The molecule has 2 aromatic rings. The number of non-ortho nitro benzene ring substituents is 1. The van der Waals surface area contributed by atoms with Crippen LogP contribution in [0.1, 0.15) is 35.4 Å². The van der Waals surface area contributed by atoms with Crippen LogP contribution >= 0.6 is 11.3 Å². The van der Waals surface area contributed by atoms with E-state index in [1.165, 1.54) is 43.1 Å². The third-order valence-corrected chi connectivity index (χ3v) is 7.43. The lowest BCUT2D eigenvalue weighted by Crippen LogP contribution is -2.60. The maximum absolute atomic E-state index is 12.8. The van der Waals surface area contributed by atoms with E-state index in [4.69, 9.17) is 0 Å². The SMILES string of the molecule is O=C(NC1C2CCC(CC2)[C@@]12CN2)c1cc2ccc([N+](=O)[O-])cc2s1. The summed E-state index contributed by atoms with van der Waals surface area (Å²) in [4.78, 5) is 24.0. The van der Waals surface area contributed by atoms with Crippen molar-refractivity contribution in [2.45, 2.75) is 37.3 Å². The number of hydrogen-bond acceptors (Lipinski definition) is 5. The Morgan fingerprint density at radius 2 is 2.04 bits per heavy atom. The lowest BCUT2D eigenvalue weighted by Gasteiger charge is -2.48. The number of hydrogen-bond donors (Lipinski definition) is 2. The number of carbonyl (C=O) groups is 1. The summed E-state index contributed by atoms with van der Waals surface area (Å²) in [6.07, 6.45) is 4.96. The highest BCUT2D eigenvalue weighted by Gasteiger charge is 2.61. The Balaban J connectivity index is 1.41. The molecule has 3 aliphatic carbocycles. The van der Waals surface area contributed by atoms with Crippen molar-refractivity contribution < 1.29 is 9.72 Å². The predicted octanol–water partition coefficient (Wildman–Crippen LogP) is 3.07. The first-order chi connectivity index (χ1) is 12.1. The van der Waals surface area contributed by atoms with E-state index in [1.807, 2.05) is 6.07 Å². The number of thiophene rings is 1. The van der Waals surface area contributed by atoms with E-state index >= 15 is 0 Å². The minimum atomic E-state index is -0.403. The first-order valence-electron chi connectivity index (χ1n) is 8.81. The van der Waals surface area contributed by atoms with Crippen LogP contribution in [0.4, 0.5) is 5.69 Å². The van der Waals surface area contributed by atoms with Crippen LogP contribution in [-0.2, 0) is 0 Å². The molecule has 1 saturated heterocycles. The van der Waals surface area contributed by atoms with Gasteiger partial charge in [0.15, 0.2) is 0 Å². The zero-order valence-electron chi connectivity index (χ0n) is 13.7. The zero-order chi connectivity index (χ0) is 17.2. The van der Waals surface area contributed by atoms with Crippen molar-refractivity contribution in [2.24, 2.45) is 11.8 Å². The number of nitrogens with zero attached hydrogens (tertiary/aromatic N) is 1. The number of nitro benzene ring substituents is 1. The molecular weight excluding hydrogens is 338 g/mol. The van der Waals surface area contributed by atoms with Gasteiger partial charge in [-0.1, -0.05) is 0 Å². The number of amides is 1. The largest absolute Gasteiger partial charge is 0.346 e. The van der Waals surface area contributed by atoms with Crippen molar-refractivity contribution in [1.29, 1.82) is 0 Å². The molecule has 6 rings (SSSR count). The fourth-order valence-corrected chi connectivity index (χ4v) is 5.96. The number of benzene rings is 1. The van der Waals surface area contributed by atoms with Crippen LogP contribution < -0.4 is 10.6 Å². The maximum Gasteiger partial charge on any atom is 0.270 e. The molecule has 4 fully saturated rings. The van der Waals surface area contributed by atoms with E-state index in [2.05, 4.69) is 10.6 Å². The Bertz CT molecular complexity index is 881. The number of rotatable bonds is 3. The molecule has 3 saturated carbocycles. The normalized spacial score (nSPS) is 32.9. The number of nitrogens with one attached hydrogen (secondary N) is 2. The molecule has 1 unspecified atom stereocenters. The highest BCUT2D eigenvalue weighted by molar-refractivity contribution is 7.20. The van der Waals surface area contributed by atoms with E-state index in [1.54, 1.807) is 12.1 Å². The third-order valence-electron chi connectivity index (χ3n) is 6.34. The molecule has 4 aliphatic rings. The summed E-state index contributed by atoms with van der Waals surface area (Å²) < 4.78 is 0.781. The van der Waals surface area contributed by atoms with Crippen LogP contribution in [-0.4, -0.2) is 29.0 Å². The van der Waals surface area contributed by atoms with Gasteiger partial charge < -0.3 is 10.6 Å². The number of carbonyl (C=O) groups excluding carboxylic acids is 1. The molecule has 6 nitrogen and oxygen atoms in total. The van der Waals surface area contributed by atoms with Crippen LogP contribution in [0.3, 0.4) is 0 Å². The quantitative estimate of drug-likeness (QED) is 0.501. The summed E-state index contributed by atoms with van der Waals surface area (Å²) in [5, 5.41) is 18.6. The first kappa shape index (κ1) is 15.3.